The Hall–Kier alpha value is -2.66. The fraction of sp³-hybridized carbons (Fsp3) is 0. The molecule has 22 heavy (non-hydrogen) atoms. The maximum Gasteiger partial charge on any atom is 0.339 e. The maximum absolute atomic E-state index is 12.3. The molecule has 4 nitrogen and oxygen atoms in total. The normalized spacial score (nSPS) is 11.3. The Labute approximate surface area is 128 Å². The molecule has 0 spiro atoms. The Morgan fingerprint density at radius 1 is 0.818 bits per heavy atom. The minimum atomic E-state index is -3.91. The smallest absolute Gasteiger partial charge is 0.339 e. The topological polar surface area (TPSA) is 60.4 Å². The lowest BCUT2D eigenvalue weighted by molar-refractivity contribution is 0.112. The summed E-state index contributed by atoms with van der Waals surface area (Å²) in [6.45, 7) is 0. The number of rotatable bonds is 4. The quantitative estimate of drug-likeness (QED) is 0.547. The Bertz CT molecular complexity index is 928. The lowest BCUT2D eigenvalue weighted by atomic mass is 10.1. The third kappa shape index (κ3) is 2.84. The number of benzene rings is 3. The molecule has 3 rings (SSSR count). The molecule has 0 amide bonds. The van der Waals surface area contributed by atoms with Crippen LogP contribution in [0.15, 0.2) is 71.6 Å². The van der Waals surface area contributed by atoms with Gasteiger partial charge in [0.25, 0.3) is 0 Å². The van der Waals surface area contributed by atoms with E-state index in [1.54, 1.807) is 12.1 Å². The third-order valence-electron chi connectivity index (χ3n) is 3.23. The third-order valence-corrected chi connectivity index (χ3v) is 4.47. The minimum absolute atomic E-state index is 0.0886. The predicted molar refractivity (Wildman–Crippen MR) is 83.6 cm³/mol. The second-order valence-electron chi connectivity index (χ2n) is 4.73. The summed E-state index contributed by atoms with van der Waals surface area (Å²) in [7, 11) is -3.91. The van der Waals surface area contributed by atoms with Crippen molar-refractivity contribution >= 4 is 27.2 Å². The summed E-state index contributed by atoms with van der Waals surface area (Å²) < 4.78 is 29.7. The van der Waals surface area contributed by atoms with E-state index in [0.29, 0.717) is 11.8 Å². The molecule has 0 aliphatic heterocycles. The minimum Gasteiger partial charge on any atom is -0.379 e. The van der Waals surface area contributed by atoms with Crippen molar-refractivity contribution in [3.63, 3.8) is 0 Å². The molecule has 0 heterocycles. The van der Waals surface area contributed by atoms with E-state index in [9.17, 15) is 13.2 Å². The van der Waals surface area contributed by atoms with E-state index in [-0.39, 0.29) is 10.6 Å². The molecule has 3 aromatic rings. The van der Waals surface area contributed by atoms with Gasteiger partial charge in [0.2, 0.25) is 0 Å². The summed E-state index contributed by atoms with van der Waals surface area (Å²) >= 11 is 0. The first-order valence-corrected chi connectivity index (χ1v) is 7.98. The van der Waals surface area contributed by atoms with Crippen LogP contribution < -0.4 is 4.18 Å². The molecule has 3 aromatic carbocycles. The Morgan fingerprint density at radius 2 is 1.50 bits per heavy atom. The molecule has 0 N–H and O–H groups in total. The molecule has 0 radical (unpaired) electrons. The van der Waals surface area contributed by atoms with Gasteiger partial charge < -0.3 is 4.18 Å². The Morgan fingerprint density at radius 3 is 2.18 bits per heavy atom. The summed E-state index contributed by atoms with van der Waals surface area (Å²) in [5.74, 6) is 0.166. The molecule has 0 unspecified atom stereocenters. The molecule has 0 saturated carbocycles. The van der Waals surface area contributed by atoms with E-state index < -0.39 is 10.1 Å². The van der Waals surface area contributed by atoms with E-state index in [4.69, 9.17) is 4.18 Å². The van der Waals surface area contributed by atoms with Crippen molar-refractivity contribution in [3.8, 4) is 5.75 Å². The van der Waals surface area contributed by atoms with Gasteiger partial charge in [0, 0.05) is 5.56 Å². The number of hydrogen-bond acceptors (Lipinski definition) is 4. The first-order chi connectivity index (χ1) is 10.6. The van der Waals surface area contributed by atoms with Crippen LogP contribution in [0.4, 0.5) is 0 Å². The highest BCUT2D eigenvalue weighted by atomic mass is 32.2. The van der Waals surface area contributed by atoms with E-state index in [2.05, 4.69) is 0 Å². The number of carbonyl (C=O) groups excluding carboxylic acids is 1. The van der Waals surface area contributed by atoms with E-state index in [0.717, 1.165) is 10.8 Å². The molecule has 0 bridgehead atoms. The highest BCUT2D eigenvalue weighted by molar-refractivity contribution is 7.87. The number of hydrogen-bond donors (Lipinski definition) is 0. The van der Waals surface area contributed by atoms with Gasteiger partial charge >= 0.3 is 10.1 Å². The van der Waals surface area contributed by atoms with Gasteiger partial charge in [-0.15, -0.1) is 0 Å². The summed E-state index contributed by atoms with van der Waals surface area (Å²) in [5.41, 5.74) is 0.454. The summed E-state index contributed by atoms with van der Waals surface area (Å²) in [6.07, 6.45) is 0.682. The van der Waals surface area contributed by atoms with Crippen molar-refractivity contribution in [2.24, 2.45) is 0 Å². The van der Waals surface area contributed by atoms with Crippen molar-refractivity contribution in [2.45, 2.75) is 4.90 Å². The van der Waals surface area contributed by atoms with Gasteiger partial charge in [-0.3, -0.25) is 4.79 Å². The molecule has 0 saturated heterocycles. The SMILES string of the molecule is O=Cc1ccc(OS(=O)(=O)c2ccc3ccccc3c2)cc1. The van der Waals surface area contributed by atoms with Crippen LogP contribution in [0.1, 0.15) is 10.4 Å². The van der Waals surface area contributed by atoms with Crippen molar-refractivity contribution < 1.29 is 17.4 Å². The zero-order valence-corrected chi connectivity index (χ0v) is 12.3. The van der Waals surface area contributed by atoms with E-state index in [1.807, 2.05) is 24.3 Å². The molecule has 0 fully saturated rings. The van der Waals surface area contributed by atoms with Crippen molar-refractivity contribution in [1.82, 2.24) is 0 Å². The average molecular weight is 312 g/mol. The fourth-order valence-corrected chi connectivity index (χ4v) is 3.07. The Balaban J connectivity index is 1.94. The van der Waals surface area contributed by atoms with E-state index >= 15 is 0 Å². The van der Waals surface area contributed by atoms with Gasteiger partial charge in [0.1, 0.15) is 16.9 Å². The van der Waals surface area contributed by atoms with Crippen molar-refractivity contribution in [1.29, 1.82) is 0 Å². The second kappa shape index (κ2) is 5.61. The lowest BCUT2D eigenvalue weighted by Gasteiger charge is -2.08. The molecule has 0 aliphatic rings. The van der Waals surface area contributed by atoms with Crippen LogP contribution in [-0.2, 0) is 10.1 Å². The van der Waals surface area contributed by atoms with Crippen LogP contribution >= 0.6 is 0 Å². The first-order valence-electron chi connectivity index (χ1n) is 6.57. The number of aldehydes is 1. The van der Waals surface area contributed by atoms with Crippen LogP contribution in [0, 0.1) is 0 Å². The standard InChI is InChI=1S/C17H12O4S/c18-12-13-5-8-16(9-6-13)21-22(19,20)17-10-7-14-3-1-2-4-15(14)11-17/h1-12H. The molecule has 110 valence electrons. The molecule has 5 heteroatoms. The predicted octanol–water partition coefficient (Wildman–Crippen LogP) is 3.42. The second-order valence-corrected chi connectivity index (χ2v) is 6.28. The van der Waals surface area contributed by atoms with Crippen molar-refractivity contribution in [2.75, 3.05) is 0 Å². The largest absolute Gasteiger partial charge is 0.379 e. The first kappa shape index (κ1) is 14.3. The highest BCUT2D eigenvalue weighted by Gasteiger charge is 2.17. The van der Waals surface area contributed by atoms with Gasteiger partial charge in [0.15, 0.2) is 0 Å². The number of carbonyl (C=O) groups is 1. The molecular formula is C17H12O4S. The Kier molecular flexibility index (Phi) is 3.65. The lowest BCUT2D eigenvalue weighted by Crippen LogP contribution is -2.09. The van der Waals surface area contributed by atoms with Gasteiger partial charge in [-0.1, -0.05) is 30.3 Å². The molecule has 0 aromatic heterocycles. The van der Waals surface area contributed by atoms with Crippen molar-refractivity contribution in [3.05, 3.63) is 72.3 Å². The summed E-state index contributed by atoms with van der Waals surface area (Å²) in [6, 6.07) is 18.2. The average Bonchev–Trinajstić information content (AvgIpc) is 2.55. The summed E-state index contributed by atoms with van der Waals surface area (Å²) in [5, 5.41) is 1.78. The van der Waals surface area contributed by atoms with Crippen LogP contribution in [0.25, 0.3) is 10.8 Å². The van der Waals surface area contributed by atoms with Gasteiger partial charge in [-0.05, 0) is 47.2 Å². The van der Waals surface area contributed by atoms with Gasteiger partial charge in [-0.2, -0.15) is 8.42 Å². The molecule has 0 aliphatic carbocycles. The van der Waals surface area contributed by atoms with Crippen LogP contribution in [0.3, 0.4) is 0 Å². The van der Waals surface area contributed by atoms with Crippen LogP contribution in [0.2, 0.25) is 0 Å². The molecule has 0 atom stereocenters. The number of fused-ring (bicyclic) bond motifs is 1. The van der Waals surface area contributed by atoms with E-state index in [1.165, 1.54) is 30.3 Å². The maximum atomic E-state index is 12.3. The zero-order valence-electron chi connectivity index (χ0n) is 11.5. The molecular weight excluding hydrogens is 300 g/mol. The zero-order chi connectivity index (χ0) is 15.6. The summed E-state index contributed by atoms with van der Waals surface area (Å²) in [4.78, 5) is 10.7. The van der Waals surface area contributed by atoms with Gasteiger partial charge in [0.05, 0.1) is 0 Å². The highest BCUT2D eigenvalue weighted by Crippen LogP contribution is 2.22. The van der Waals surface area contributed by atoms with Crippen LogP contribution in [-0.4, -0.2) is 14.7 Å². The van der Waals surface area contributed by atoms with Crippen LogP contribution in [0.5, 0.6) is 5.75 Å². The fourth-order valence-electron chi connectivity index (χ4n) is 2.10. The van der Waals surface area contributed by atoms with Gasteiger partial charge in [-0.25, -0.2) is 0 Å². The monoisotopic (exact) mass is 312 g/mol.